The molecule has 0 fully saturated rings. The van der Waals surface area contributed by atoms with Gasteiger partial charge in [-0.3, -0.25) is 0 Å². The zero-order chi connectivity index (χ0) is 11.1. The molecule has 0 spiro atoms. The van der Waals surface area contributed by atoms with Crippen LogP contribution < -0.4 is 10.6 Å². The number of hydrogen-bond donors (Lipinski definition) is 1. The Kier molecular flexibility index (Phi) is 2.40. The van der Waals surface area contributed by atoms with Crippen LogP contribution in [0.2, 0.25) is 0 Å². The van der Waals surface area contributed by atoms with E-state index in [1.165, 1.54) is 30.5 Å². The molecule has 2 N–H and O–H groups in total. The third kappa shape index (κ3) is 1.36. The summed E-state index contributed by atoms with van der Waals surface area (Å²) in [6.07, 6.45) is 7.12. The highest BCUT2D eigenvalue weighted by Gasteiger charge is 2.28. The molecule has 1 aliphatic carbocycles. The van der Waals surface area contributed by atoms with Gasteiger partial charge in [-0.1, -0.05) is 19.1 Å². The molecule has 2 heteroatoms. The molecule has 1 aromatic carbocycles. The van der Waals surface area contributed by atoms with Crippen molar-refractivity contribution in [2.75, 3.05) is 11.4 Å². The molecule has 1 heterocycles. The maximum atomic E-state index is 6.16. The van der Waals surface area contributed by atoms with Crippen molar-refractivity contribution in [2.24, 2.45) is 5.73 Å². The van der Waals surface area contributed by atoms with Crippen LogP contribution in [-0.4, -0.2) is 12.7 Å². The molecule has 1 aliphatic heterocycles. The van der Waals surface area contributed by atoms with Crippen molar-refractivity contribution >= 4 is 5.69 Å². The summed E-state index contributed by atoms with van der Waals surface area (Å²) in [5.74, 6) is 0. The first kappa shape index (κ1) is 10.2. The number of anilines is 1. The first-order chi connectivity index (χ1) is 7.81. The van der Waals surface area contributed by atoms with Gasteiger partial charge in [0.25, 0.3) is 0 Å². The van der Waals surface area contributed by atoms with Gasteiger partial charge in [0.1, 0.15) is 0 Å². The monoisotopic (exact) mass is 215 g/mol. The van der Waals surface area contributed by atoms with Crippen LogP contribution in [0, 0.1) is 6.42 Å². The van der Waals surface area contributed by atoms with E-state index in [1.54, 1.807) is 11.1 Å². The van der Waals surface area contributed by atoms with Crippen molar-refractivity contribution in [2.45, 2.75) is 38.8 Å². The molecular weight excluding hydrogens is 196 g/mol. The smallest absolute Gasteiger partial charge is 0.0800 e. The summed E-state index contributed by atoms with van der Waals surface area (Å²) in [6, 6.07) is 4.63. The Morgan fingerprint density at radius 1 is 1.25 bits per heavy atom. The van der Waals surface area contributed by atoms with Gasteiger partial charge in [0.2, 0.25) is 0 Å². The van der Waals surface area contributed by atoms with Crippen molar-refractivity contribution in [1.82, 2.24) is 0 Å². The fourth-order valence-electron chi connectivity index (χ4n) is 3.09. The third-order valence-corrected chi connectivity index (χ3v) is 3.95. The topological polar surface area (TPSA) is 29.3 Å². The second-order valence-corrected chi connectivity index (χ2v) is 4.83. The van der Waals surface area contributed by atoms with Crippen molar-refractivity contribution in [3.63, 3.8) is 0 Å². The van der Waals surface area contributed by atoms with E-state index in [2.05, 4.69) is 23.5 Å². The zero-order valence-electron chi connectivity index (χ0n) is 9.87. The second kappa shape index (κ2) is 3.77. The molecule has 1 atom stereocenters. The van der Waals surface area contributed by atoms with Gasteiger partial charge in [-0.05, 0) is 48.8 Å². The minimum absolute atomic E-state index is 0.0772. The van der Waals surface area contributed by atoms with E-state index in [4.69, 9.17) is 5.73 Å². The predicted molar refractivity (Wildman–Crippen MR) is 67.5 cm³/mol. The fourth-order valence-corrected chi connectivity index (χ4v) is 3.09. The number of fused-ring (bicyclic) bond motifs is 3. The molecule has 16 heavy (non-hydrogen) atoms. The van der Waals surface area contributed by atoms with Crippen LogP contribution in [-0.2, 0) is 19.3 Å². The molecule has 1 radical (unpaired) electrons. The van der Waals surface area contributed by atoms with Crippen LogP contribution in [0.25, 0.3) is 0 Å². The van der Waals surface area contributed by atoms with Gasteiger partial charge >= 0.3 is 0 Å². The minimum Gasteiger partial charge on any atom is -0.355 e. The molecule has 2 aliphatic rings. The van der Waals surface area contributed by atoms with Crippen molar-refractivity contribution in [3.8, 4) is 0 Å². The van der Waals surface area contributed by atoms with Gasteiger partial charge in [0.15, 0.2) is 0 Å². The number of nitrogens with two attached hydrogens (primary N) is 1. The summed E-state index contributed by atoms with van der Waals surface area (Å²) in [6.45, 7) is 3.13. The second-order valence-electron chi connectivity index (χ2n) is 4.83. The third-order valence-electron chi connectivity index (χ3n) is 3.95. The van der Waals surface area contributed by atoms with Crippen LogP contribution in [0.15, 0.2) is 12.1 Å². The molecule has 2 nitrogen and oxygen atoms in total. The number of aryl methyl sites for hydroxylation is 1. The SMILES string of the molecule is C[CH][C@@H](N)N1CCc2ccc3c(c21)CCC3. The average Bonchev–Trinajstić information content (AvgIpc) is 2.92. The molecular formula is C14H19N2. The summed E-state index contributed by atoms with van der Waals surface area (Å²) in [7, 11) is 0. The van der Waals surface area contributed by atoms with Gasteiger partial charge in [0, 0.05) is 12.2 Å². The van der Waals surface area contributed by atoms with Crippen LogP contribution in [0.1, 0.15) is 30.0 Å². The summed E-state index contributed by atoms with van der Waals surface area (Å²) >= 11 is 0. The summed E-state index contributed by atoms with van der Waals surface area (Å²) in [4.78, 5) is 2.37. The highest BCUT2D eigenvalue weighted by molar-refractivity contribution is 5.67. The largest absolute Gasteiger partial charge is 0.355 e. The Bertz CT molecular complexity index is 411. The first-order valence-corrected chi connectivity index (χ1v) is 6.26. The summed E-state index contributed by atoms with van der Waals surface area (Å²) in [5.41, 5.74) is 12.2. The van der Waals surface area contributed by atoms with Gasteiger partial charge in [0.05, 0.1) is 6.17 Å². The Labute approximate surface area is 97.4 Å². The number of benzene rings is 1. The Morgan fingerprint density at radius 2 is 2.06 bits per heavy atom. The molecule has 85 valence electrons. The van der Waals surface area contributed by atoms with Crippen LogP contribution in [0.5, 0.6) is 0 Å². The lowest BCUT2D eigenvalue weighted by molar-refractivity contribution is 0.696. The molecule has 0 bridgehead atoms. The fraction of sp³-hybridized carbons (Fsp3) is 0.500. The lowest BCUT2D eigenvalue weighted by Crippen LogP contribution is -2.41. The van der Waals surface area contributed by atoms with Crippen molar-refractivity contribution < 1.29 is 0 Å². The Morgan fingerprint density at radius 3 is 2.88 bits per heavy atom. The lowest BCUT2D eigenvalue weighted by atomic mass is 10.0. The molecule has 0 amide bonds. The highest BCUT2D eigenvalue weighted by Crippen LogP contribution is 2.38. The molecule has 1 aromatic rings. The van der Waals surface area contributed by atoms with E-state index in [9.17, 15) is 0 Å². The normalized spacial score (nSPS) is 19.8. The Hall–Kier alpha value is -1.02. The molecule has 0 aromatic heterocycles. The van der Waals surface area contributed by atoms with E-state index in [0.29, 0.717) is 0 Å². The van der Waals surface area contributed by atoms with E-state index in [0.717, 1.165) is 13.0 Å². The van der Waals surface area contributed by atoms with E-state index < -0.39 is 0 Å². The highest BCUT2D eigenvalue weighted by atomic mass is 15.2. The summed E-state index contributed by atoms with van der Waals surface area (Å²) < 4.78 is 0. The minimum atomic E-state index is 0.0772. The summed E-state index contributed by atoms with van der Waals surface area (Å²) in [5, 5.41) is 0. The Balaban J connectivity index is 2.07. The van der Waals surface area contributed by atoms with Crippen molar-refractivity contribution in [1.29, 1.82) is 0 Å². The standard InChI is InChI=1S/C14H19N2/c1-2-13(15)16-9-8-11-7-6-10-4-3-5-12(10)14(11)16/h2,6-7,13H,3-5,8-9,15H2,1H3/t13-/m0/s1. The predicted octanol–water partition coefficient (Wildman–Crippen LogP) is 2.05. The first-order valence-electron chi connectivity index (χ1n) is 6.26. The van der Waals surface area contributed by atoms with Gasteiger partial charge in [-0.2, -0.15) is 0 Å². The molecule has 0 saturated heterocycles. The van der Waals surface area contributed by atoms with Gasteiger partial charge in [-0.25, -0.2) is 0 Å². The van der Waals surface area contributed by atoms with E-state index in [1.807, 2.05) is 6.92 Å². The molecule has 0 saturated carbocycles. The van der Waals surface area contributed by atoms with Crippen molar-refractivity contribution in [3.05, 3.63) is 35.2 Å². The maximum Gasteiger partial charge on any atom is 0.0800 e. The van der Waals surface area contributed by atoms with Crippen LogP contribution in [0.4, 0.5) is 5.69 Å². The van der Waals surface area contributed by atoms with Gasteiger partial charge in [-0.15, -0.1) is 0 Å². The van der Waals surface area contributed by atoms with E-state index >= 15 is 0 Å². The van der Waals surface area contributed by atoms with Crippen LogP contribution >= 0.6 is 0 Å². The van der Waals surface area contributed by atoms with Crippen LogP contribution in [0.3, 0.4) is 0 Å². The number of nitrogens with zero attached hydrogens (tertiary/aromatic N) is 1. The number of hydrogen-bond acceptors (Lipinski definition) is 2. The van der Waals surface area contributed by atoms with E-state index in [-0.39, 0.29) is 6.17 Å². The lowest BCUT2D eigenvalue weighted by Gasteiger charge is -2.27. The maximum absolute atomic E-state index is 6.16. The molecule has 0 unspecified atom stereocenters. The van der Waals surface area contributed by atoms with Gasteiger partial charge < -0.3 is 10.6 Å². The average molecular weight is 215 g/mol. The molecule has 3 rings (SSSR count). The number of rotatable bonds is 2. The zero-order valence-corrected chi connectivity index (χ0v) is 9.87. The quantitative estimate of drug-likeness (QED) is 0.818.